The van der Waals surface area contributed by atoms with Gasteiger partial charge in [-0.15, -0.1) is 0 Å². The first kappa shape index (κ1) is 16.2. The fourth-order valence-electron chi connectivity index (χ4n) is 2.64. The summed E-state index contributed by atoms with van der Waals surface area (Å²) in [5, 5.41) is 0. The Kier molecular flexibility index (Phi) is 4.63. The molecule has 0 amide bonds. The standard InChI is InChI=1S/C18H21N3O3/c1-5-21-12-24-11-14-18(21)19-17(20(14)2)9-7-13-6-8-15(22-3)16(10-13)23-4/h6,8,10H,5,11-12H2,1-4H3. The van der Waals surface area contributed by atoms with Crippen molar-refractivity contribution < 1.29 is 14.2 Å². The fraction of sp³-hybridized carbons (Fsp3) is 0.389. The van der Waals surface area contributed by atoms with Crippen molar-refractivity contribution >= 4 is 5.82 Å². The largest absolute Gasteiger partial charge is 0.493 e. The highest BCUT2D eigenvalue weighted by atomic mass is 16.5. The zero-order valence-corrected chi connectivity index (χ0v) is 14.4. The van der Waals surface area contributed by atoms with Crippen LogP contribution in [0.5, 0.6) is 11.5 Å². The molecule has 2 heterocycles. The van der Waals surface area contributed by atoms with Crippen molar-refractivity contribution in [3.63, 3.8) is 0 Å². The zero-order valence-electron chi connectivity index (χ0n) is 14.4. The molecule has 6 nitrogen and oxygen atoms in total. The van der Waals surface area contributed by atoms with Gasteiger partial charge >= 0.3 is 0 Å². The van der Waals surface area contributed by atoms with Crippen molar-refractivity contribution in [3.05, 3.63) is 35.3 Å². The van der Waals surface area contributed by atoms with Crippen molar-refractivity contribution in [2.24, 2.45) is 7.05 Å². The van der Waals surface area contributed by atoms with Crippen molar-refractivity contribution in [1.29, 1.82) is 0 Å². The van der Waals surface area contributed by atoms with E-state index in [1.165, 1.54) is 0 Å². The summed E-state index contributed by atoms with van der Waals surface area (Å²) in [6.07, 6.45) is 0. The third-order valence-electron chi connectivity index (χ3n) is 4.06. The summed E-state index contributed by atoms with van der Waals surface area (Å²) < 4.78 is 18.1. The lowest BCUT2D eigenvalue weighted by molar-refractivity contribution is 0.105. The van der Waals surface area contributed by atoms with E-state index < -0.39 is 0 Å². The number of nitrogens with zero attached hydrogens (tertiary/aromatic N) is 3. The minimum atomic E-state index is 0.563. The molecular weight excluding hydrogens is 306 g/mol. The molecule has 0 fully saturated rings. The molecule has 1 aliphatic rings. The monoisotopic (exact) mass is 327 g/mol. The summed E-state index contributed by atoms with van der Waals surface area (Å²) in [5.41, 5.74) is 1.90. The quantitative estimate of drug-likeness (QED) is 0.809. The van der Waals surface area contributed by atoms with Crippen molar-refractivity contribution in [3.8, 4) is 23.3 Å². The lowest BCUT2D eigenvalue weighted by Gasteiger charge is -2.26. The van der Waals surface area contributed by atoms with Crippen LogP contribution in [-0.2, 0) is 18.4 Å². The highest BCUT2D eigenvalue weighted by Crippen LogP contribution is 2.27. The minimum absolute atomic E-state index is 0.563. The highest BCUT2D eigenvalue weighted by molar-refractivity contribution is 5.52. The average molecular weight is 327 g/mol. The van der Waals surface area contributed by atoms with E-state index in [2.05, 4.69) is 28.6 Å². The fourth-order valence-corrected chi connectivity index (χ4v) is 2.64. The van der Waals surface area contributed by atoms with Gasteiger partial charge in [-0.3, -0.25) is 0 Å². The van der Waals surface area contributed by atoms with Crippen LogP contribution in [0.1, 0.15) is 24.0 Å². The SMILES string of the molecule is CCN1COCc2c1nc(C#Cc1ccc(OC)c(OC)c1)n2C. The van der Waals surface area contributed by atoms with Crippen LogP contribution in [0.3, 0.4) is 0 Å². The molecule has 0 N–H and O–H groups in total. The molecule has 0 saturated heterocycles. The van der Waals surface area contributed by atoms with Crippen LogP contribution in [0.15, 0.2) is 18.2 Å². The lowest BCUT2D eigenvalue weighted by Crippen LogP contribution is -2.31. The first-order valence-electron chi connectivity index (χ1n) is 7.80. The van der Waals surface area contributed by atoms with Gasteiger partial charge in [0.25, 0.3) is 0 Å². The summed E-state index contributed by atoms with van der Waals surface area (Å²) >= 11 is 0. The Morgan fingerprint density at radius 1 is 1.21 bits per heavy atom. The molecular formula is C18H21N3O3. The summed E-state index contributed by atoms with van der Waals surface area (Å²) in [5.74, 6) is 9.31. The molecule has 6 heteroatoms. The molecule has 0 bridgehead atoms. The summed E-state index contributed by atoms with van der Waals surface area (Å²) in [6.45, 7) is 4.07. The van der Waals surface area contributed by atoms with Gasteiger partial charge < -0.3 is 23.7 Å². The molecule has 126 valence electrons. The maximum atomic E-state index is 5.60. The minimum Gasteiger partial charge on any atom is -0.493 e. The predicted octanol–water partition coefficient (Wildman–Crippen LogP) is 2.15. The zero-order chi connectivity index (χ0) is 17.1. The Hall–Kier alpha value is -2.65. The van der Waals surface area contributed by atoms with Crippen LogP contribution >= 0.6 is 0 Å². The van der Waals surface area contributed by atoms with Crippen LogP contribution in [0, 0.1) is 11.8 Å². The van der Waals surface area contributed by atoms with Gasteiger partial charge in [0.15, 0.2) is 23.1 Å². The third kappa shape index (κ3) is 2.91. The Balaban J connectivity index is 1.93. The van der Waals surface area contributed by atoms with Crippen LogP contribution in [-0.4, -0.2) is 37.0 Å². The molecule has 3 rings (SSSR count). The smallest absolute Gasteiger partial charge is 0.187 e. The van der Waals surface area contributed by atoms with Crippen LogP contribution in [0.25, 0.3) is 0 Å². The molecule has 0 radical (unpaired) electrons. The molecule has 24 heavy (non-hydrogen) atoms. The van der Waals surface area contributed by atoms with Crippen molar-refractivity contribution in [1.82, 2.24) is 9.55 Å². The number of benzene rings is 1. The highest BCUT2D eigenvalue weighted by Gasteiger charge is 2.22. The van der Waals surface area contributed by atoms with Gasteiger partial charge in [-0.05, 0) is 31.0 Å². The Morgan fingerprint density at radius 2 is 2.00 bits per heavy atom. The molecule has 0 saturated carbocycles. The number of imidazole rings is 1. The third-order valence-corrected chi connectivity index (χ3v) is 4.06. The number of rotatable bonds is 3. The number of hydrogen-bond donors (Lipinski definition) is 0. The van der Waals surface area contributed by atoms with Crippen LogP contribution in [0.2, 0.25) is 0 Å². The number of hydrogen-bond acceptors (Lipinski definition) is 5. The van der Waals surface area contributed by atoms with Gasteiger partial charge in [-0.2, -0.15) is 0 Å². The Bertz CT molecular complexity index is 802. The predicted molar refractivity (Wildman–Crippen MR) is 91.4 cm³/mol. The van der Waals surface area contributed by atoms with E-state index in [1.807, 2.05) is 29.8 Å². The molecule has 0 spiro atoms. The van der Waals surface area contributed by atoms with E-state index in [1.54, 1.807) is 14.2 Å². The van der Waals surface area contributed by atoms with Crippen molar-refractivity contribution in [2.45, 2.75) is 13.5 Å². The topological polar surface area (TPSA) is 48.8 Å². The number of anilines is 1. The Labute approximate surface area is 142 Å². The second-order valence-electron chi connectivity index (χ2n) is 5.42. The van der Waals surface area contributed by atoms with E-state index in [9.17, 15) is 0 Å². The molecule has 1 aliphatic heterocycles. The molecule has 0 atom stereocenters. The van der Waals surface area contributed by atoms with Gasteiger partial charge in [-0.25, -0.2) is 4.98 Å². The molecule has 1 aromatic heterocycles. The second kappa shape index (κ2) is 6.85. The van der Waals surface area contributed by atoms with E-state index in [0.29, 0.717) is 24.8 Å². The lowest BCUT2D eigenvalue weighted by atomic mass is 10.2. The molecule has 0 aliphatic carbocycles. The summed E-state index contributed by atoms with van der Waals surface area (Å²) in [4.78, 5) is 6.77. The molecule has 0 unspecified atom stereocenters. The van der Waals surface area contributed by atoms with Gasteiger partial charge in [0.2, 0.25) is 0 Å². The normalized spacial score (nSPS) is 13.1. The molecule has 1 aromatic carbocycles. The molecule has 2 aromatic rings. The maximum Gasteiger partial charge on any atom is 0.187 e. The van der Waals surface area contributed by atoms with Crippen LogP contribution < -0.4 is 14.4 Å². The number of aromatic nitrogens is 2. The van der Waals surface area contributed by atoms with Crippen molar-refractivity contribution in [2.75, 3.05) is 32.4 Å². The van der Waals surface area contributed by atoms with Gasteiger partial charge in [0.1, 0.15) is 6.73 Å². The number of methoxy groups -OCH3 is 2. The van der Waals surface area contributed by atoms with E-state index in [-0.39, 0.29) is 0 Å². The average Bonchev–Trinajstić information content (AvgIpc) is 2.95. The summed E-state index contributed by atoms with van der Waals surface area (Å²) in [7, 11) is 5.19. The van der Waals surface area contributed by atoms with Gasteiger partial charge in [0.05, 0.1) is 26.5 Å². The number of fused-ring (bicyclic) bond motifs is 1. The maximum absolute atomic E-state index is 5.60. The van der Waals surface area contributed by atoms with Crippen LogP contribution in [0.4, 0.5) is 5.82 Å². The first-order chi connectivity index (χ1) is 11.7. The van der Waals surface area contributed by atoms with Gasteiger partial charge in [0, 0.05) is 19.2 Å². The Morgan fingerprint density at radius 3 is 2.71 bits per heavy atom. The number of ether oxygens (including phenoxy) is 3. The van der Waals surface area contributed by atoms with Gasteiger partial charge in [-0.1, -0.05) is 5.92 Å². The van der Waals surface area contributed by atoms with E-state index in [0.717, 1.165) is 29.4 Å². The van der Waals surface area contributed by atoms with E-state index in [4.69, 9.17) is 14.2 Å². The summed E-state index contributed by atoms with van der Waals surface area (Å²) in [6, 6.07) is 5.60. The second-order valence-corrected chi connectivity index (χ2v) is 5.42. The van der Waals surface area contributed by atoms with E-state index >= 15 is 0 Å². The first-order valence-corrected chi connectivity index (χ1v) is 7.80.